The third-order valence-electron chi connectivity index (χ3n) is 6.93. The van der Waals surface area contributed by atoms with E-state index in [-0.39, 0.29) is 5.41 Å². The number of hydrogen-bond acceptors (Lipinski definition) is 2. The third-order valence-corrected chi connectivity index (χ3v) is 9.86. The second-order valence-electron chi connectivity index (χ2n) is 10.4. The van der Waals surface area contributed by atoms with E-state index in [1.54, 1.807) is 21.5 Å². The Hall–Kier alpha value is -1.21. The first-order valence-corrected chi connectivity index (χ1v) is 16.9. The fourth-order valence-corrected chi connectivity index (χ4v) is 6.87. The van der Waals surface area contributed by atoms with E-state index in [1.807, 2.05) is 0 Å². The van der Waals surface area contributed by atoms with E-state index >= 15 is 0 Å². The molecule has 3 rings (SSSR count). The minimum atomic E-state index is -0.469. The molecule has 0 aromatic heterocycles. The number of fused-ring (bicyclic) bond motifs is 3. The molecule has 0 unspecified atom stereocenters. The summed E-state index contributed by atoms with van der Waals surface area (Å²) in [5.41, 5.74) is 6.43. The van der Waals surface area contributed by atoms with Gasteiger partial charge in [0.2, 0.25) is 0 Å². The summed E-state index contributed by atoms with van der Waals surface area (Å²) in [4.78, 5) is 4.69. The van der Waals surface area contributed by atoms with Gasteiger partial charge < -0.3 is 9.80 Å². The minimum Gasteiger partial charge on any atom is -0.309 e. The van der Waals surface area contributed by atoms with Crippen LogP contribution >= 0.6 is 0 Å². The molecule has 0 saturated heterocycles. The topological polar surface area (TPSA) is 6.48 Å². The van der Waals surface area contributed by atoms with Crippen molar-refractivity contribution in [1.82, 2.24) is 9.80 Å². The van der Waals surface area contributed by atoms with E-state index in [0.717, 1.165) is 13.1 Å². The van der Waals surface area contributed by atoms with Crippen LogP contribution in [0.5, 0.6) is 0 Å². The Bertz CT molecular complexity index is 813. The highest BCUT2D eigenvalue weighted by Crippen LogP contribution is 2.53. The van der Waals surface area contributed by atoms with E-state index in [1.165, 1.54) is 36.8 Å². The van der Waals surface area contributed by atoms with Crippen molar-refractivity contribution in [2.24, 2.45) is 0 Å². The Balaban J connectivity index is 2.16. The van der Waals surface area contributed by atoms with Crippen molar-refractivity contribution in [2.45, 2.75) is 57.3 Å². The second kappa shape index (κ2) is 10.2. The van der Waals surface area contributed by atoms with Crippen molar-refractivity contribution in [3.8, 4) is 11.1 Å². The normalized spacial score (nSPS) is 14.7. The van der Waals surface area contributed by atoms with Crippen molar-refractivity contribution < 1.29 is 0 Å². The van der Waals surface area contributed by atoms with Gasteiger partial charge in [0, 0.05) is 5.41 Å². The van der Waals surface area contributed by atoms with Gasteiger partial charge in [0.1, 0.15) is 0 Å². The van der Waals surface area contributed by atoms with Crippen LogP contribution in [-0.2, 0) is 5.41 Å². The molecule has 0 bridgehead atoms. The first-order valence-electron chi connectivity index (χ1n) is 11.9. The van der Waals surface area contributed by atoms with E-state index in [2.05, 4.69) is 101 Å². The first kappa shape index (κ1) is 24.4. The third kappa shape index (κ3) is 5.24. The summed E-state index contributed by atoms with van der Waals surface area (Å²) >= 11 is 0. The Morgan fingerprint density at radius 1 is 0.645 bits per heavy atom. The summed E-state index contributed by atoms with van der Waals surface area (Å²) in [6, 6.07) is 14.9. The zero-order valence-electron chi connectivity index (χ0n) is 21.1. The second-order valence-corrected chi connectivity index (χ2v) is 15.6. The zero-order chi connectivity index (χ0) is 22.8. The Kier molecular flexibility index (Phi) is 8.01. The molecule has 0 atom stereocenters. The van der Waals surface area contributed by atoms with Crippen LogP contribution in [0.4, 0.5) is 0 Å². The summed E-state index contributed by atoms with van der Waals surface area (Å²) in [7, 11) is 7.89. The Morgan fingerprint density at radius 3 is 1.35 bits per heavy atom. The molecule has 1 aliphatic rings. The van der Waals surface area contributed by atoms with Gasteiger partial charge in [-0.25, -0.2) is 0 Å². The highest BCUT2D eigenvalue weighted by molar-refractivity contribution is 6.71. The number of nitrogens with zero attached hydrogens (tertiary/aromatic N) is 2. The summed E-state index contributed by atoms with van der Waals surface area (Å²) in [6.45, 7) is 12.0. The van der Waals surface area contributed by atoms with Crippen LogP contribution in [0, 0.1) is 0 Å². The van der Waals surface area contributed by atoms with Gasteiger partial charge in [-0.15, -0.1) is 0 Å². The van der Waals surface area contributed by atoms with Crippen LogP contribution in [0.25, 0.3) is 11.1 Å². The number of hydrogen-bond donors (Lipinski definition) is 0. The van der Waals surface area contributed by atoms with Crippen LogP contribution in [-0.4, -0.2) is 68.7 Å². The van der Waals surface area contributed by atoms with Crippen molar-refractivity contribution in [2.75, 3.05) is 41.3 Å². The van der Waals surface area contributed by atoms with Crippen molar-refractivity contribution in [1.29, 1.82) is 0 Å². The smallest absolute Gasteiger partial charge is 0.0791 e. The molecule has 0 fully saturated rings. The molecular weight excluding hydrogens is 408 g/mol. The average molecular weight is 451 g/mol. The van der Waals surface area contributed by atoms with Crippen molar-refractivity contribution >= 4 is 28.0 Å². The summed E-state index contributed by atoms with van der Waals surface area (Å²) < 4.78 is 0. The predicted molar refractivity (Wildman–Crippen MR) is 142 cm³/mol. The summed E-state index contributed by atoms with van der Waals surface area (Å²) in [5.74, 6) is 0. The Morgan fingerprint density at radius 2 is 1.03 bits per heavy atom. The lowest BCUT2D eigenvalue weighted by atomic mass is 9.71. The number of benzene rings is 2. The van der Waals surface area contributed by atoms with Crippen LogP contribution in [0.1, 0.15) is 36.8 Å². The summed E-state index contributed by atoms with van der Waals surface area (Å²) in [5, 5.41) is 3.16. The average Bonchev–Trinajstić information content (AvgIpc) is 2.96. The van der Waals surface area contributed by atoms with Gasteiger partial charge in [0.15, 0.2) is 0 Å². The standard InChI is InChI=1S/C27H42N2Si2/c1-28(2)17-9-15-27(16-10-18-29(3)4)25-19-21(30(5)6)11-13-23(25)24-14-12-22(31(7)8)20-26(24)27/h11-14,19-20H,9-10,15-18H2,1-8H3. The Labute approximate surface area is 194 Å². The molecular formula is C27H42N2Si2. The maximum atomic E-state index is 2.61. The largest absolute Gasteiger partial charge is 0.309 e. The fourth-order valence-electron chi connectivity index (χ4n) is 5.17. The fraction of sp³-hybridized carbons (Fsp3) is 0.556. The molecule has 4 heteroatoms. The van der Waals surface area contributed by atoms with Crippen molar-refractivity contribution in [3.05, 3.63) is 47.5 Å². The monoisotopic (exact) mass is 450 g/mol. The molecule has 0 aliphatic heterocycles. The highest BCUT2D eigenvalue weighted by Gasteiger charge is 2.42. The molecule has 0 saturated carbocycles. The van der Waals surface area contributed by atoms with Crippen LogP contribution in [0.2, 0.25) is 26.2 Å². The molecule has 31 heavy (non-hydrogen) atoms. The molecule has 0 spiro atoms. The van der Waals surface area contributed by atoms with Gasteiger partial charge in [-0.2, -0.15) is 0 Å². The van der Waals surface area contributed by atoms with Crippen molar-refractivity contribution in [3.63, 3.8) is 0 Å². The lowest BCUT2D eigenvalue weighted by Gasteiger charge is -2.34. The van der Waals surface area contributed by atoms with E-state index < -0.39 is 17.6 Å². The van der Waals surface area contributed by atoms with Gasteiger partial charge in [0.25, 0.3) is 0 Å². The van der Waals surface area contributed by atoms with E-state index in [0.29, 0.717) is 0 Å². The van der Waals surface area contributed by atoms with E-state index in [9.17, 15) is 0 Å². The van der Waals surface area contributed by atoms with Gasteiger partial charge in [-0.05, 0) is 89.2 Å². The highest BCUT2D eigenvalue weighted by atomic mass is 28.3. The molecule has 2 aromatic carbocycles. The van der Waals surface area contributed by atoms with E-state index in [4.69, 9.17) is 0 Å². The van der Waals surface area contributed by atoms with Gasteiger partial charge in [-0.1, -0.05) is 73.0 Å². The lowest BCUT2D eigenvalue weighted by Crippen LogP contribution is -2.32. The van der Waals surface area contributed by atoms with Crippen LogP contribution in [0.15, 0.2) is 36.4 Å². The van der Waals surface area contributed by atoms with Crippen LogP contribution < -0.4 is 10.4 Å². The molecule has 2 aromatic rings. The quantitative estimate of drug-likeness (QED) is 0.490. The molecule has 0 heterocycles. The minimum absolute atomic E-state index is 0.164. The molecule has 0 amide bonds. The molecule has 2 radical (unpaired) electrons. The molecule has 168 valence electrons. The van der Waals surface area contributed by atoms with Crippen LogP contribution in [0.3, 0.4) is 0 Å². The first-order chi connectivity index (χ1) is 14.7. The predicted octanol–water partition coefficient (Wildman–Crippen LogP) is 4.56. The molecule has 2 nitrogen and oxygen atoms in total. The molecule has 1 aliphatic carbocycles. The molecule has 0 N–H and O–H groups in total. The maximum Gasteiger partial charge on any atom is 0.0791 e. The maximum absolute atomic E-state index is 2.61. The van der Waals surface area contributed by atoms with Gasteiger partial charge in [0.05, 0.1) is 17.6 Å². The lowest BCUT2D eigenvalue weighted by molar-refractivity contribution is 0.328. The SMILES string of the molecule is CN(C)CCCC1(CCCN(C)C)c2cc([Si](C)C)ccc2-c2ccc([Si](C)C)cc21. The van der Waals surface area contributed by atoms with Gasteiger partial charge in [-0.3, -0.25) is 0 Å². The number of rotatable bonds is 10. The summed E-state index contributed by atoms with van der Waals surface area (Å²) in [6.07, 6.45) is 4.98. The zero-order valence-corrected chi connectivity index (χ0v) is 23.1. The van der Waals surface area contributed by atoms with Gasteiger partial charge >= 0.3 is 0 Å².